The SMILES string of the molecule is C=C/C(=C(/O)CC)c1cccc(CN)c1. The van der Waals surface area contributed by atoms with Gasteiger partial charge in [-0.05, 0) is 17.2 Å². The van der Waals surface area contributed by atoms with Gasteiger partial charge >= 0.3 is 0 Å². The number of rotatable bonds is 4. The summed E-state index contributed by atoms with van der Waals surface area (Å²) in [6, 6.07) is 7.82. The molecule has 0 heterocycles. The van der Waals surface area contributed by atoms with Crippen LogP contribution in [-0.2, 0) is 6.54 Å². The molecule has 0 radical (unpaired) electrons. The molecule has 0 aliphatic heterocycles. The van der Waals surface area contributed by atoms with E-state index in [1.807, 2.05) is 31.2 Å². The third kappa shape index (κ3) is 2.70. The van der Waals surface area contributed by atoms with Crippen LogP contribution in [0.1, 0.15) is 24.5 Å². The number of benzene rings is 1. The first-order chi connectivity index (χ1) is 7.22. The molecule has 2 heteroatoms. The highest BCUT2D eigenvalue weighted by atomic mass is 16.3. The van der Waals surface area contributed by atoms with Gasteiger partial charge in [-0.15, -0.1) is 0 Å². The van der Waals surface area contributed by atoms with Gasteiger partial charge in [0.25, 0.3) is 0 Å². The Bertz CT molecular complexity index is 380. The summed E-state index contributed by atoms with van der Waals surface area (Å²) in [7, 11) is 0. The van der Waals surface area contributed by atoms with E-state index in [-0.39, 0.29) is 0 Å². The highest BCUT2D eigenvalue weighted by Crippen LogP contribution is 2.21. The second-order valence-electron chi connectivity index (χ2n) is 3.32. The van der Waals surface area contributed by atoms with Gasteiger partial charge in [-0.1, -0.05) is 37.8 Å². The average molecular weight is 203 g/mol. The number of aliphatic hydroxyl groups is 1. The zero-order chi connectivity index (χ0) is 11.3. The summed E-state index contributed by atoms with van der Waals surface area (Å²) < 4.78 is 0. The van der Waals surface area contributed by atoms with Crippen molar-refractivity contribution in [2.45, 2.75) is 19.9 Å². The molecule has 80 valence electrons. The standard InChI is InChI=1S/C13H17NO/c1-3-12(13(15)4-2)11-7-5-6-10(8-11)9-14/h3,5-8,15H,1,4,9,14H2,2H3/b13-12-. The molecule has 0 aromatic heterocycles. The first kappa shape index (κ1) is 11.5. The van der Waals surface area contributed by atoms with Crippen LogP contribution in [0, 0.1) is 0 Å². The van der Waals surface area contributed by atoms with E-state index < -0.39 is 0 Å². The summed E-state index contributed by atoms with van der Waals surface area (Å²) in [6.45, 7) is 6.13. The van der Waals surface area contributed by atoms with Crippen LogP contribution in [0.2, 0.25) is 0 Å². The molecule has 0 aliphatic carbocycles. The van der Waals surface area contributed by atoms with E-state index in [0.29, 0.717) is 18.7 Å². The highest BCUT2D eigenvalue weighted by Gasteiger charge is 2.03. The van der Waals surface area contributed by atoms with Crippen LogP contribution in [-0.4, -0.2) is 5.11 Å². The number of hydrogen-bond donors (Lipinski definition) is 2. The Kier molecular flexibility index (Phi) is 4.13. The van der Waals surface area contributed by atoms with Crippen molar-refractivity contribution < 1.29 is 5.11 Å². The molecule has 0 fully saturated rings. The van der Waals surface area contributed by atoms with Gasteiger partial charge < -0.3 is 10.8 Å². The second-order valence-corrected chi connectivity index (χ2v) is 3.32. The summed E-state index contributed by atoms with van der Waals surface area (Å²) in [5.74, 6) is 0.360. The Hall–Kier alpha value is -1.54. The van der Waals surface area contributed by atoms with E-state index in [1.54, 1.807) is 6.08 Å². The van der Waals surface area contributed by atoms with Crippen LogP contribution in [0.3, 0.4) is 0 Å². The van der Waals surface area contributed by atoms with Crippen LogP contribution >= 0.6 is 0 Å². The van der Waals surface area contributed by atoms with Gasteiger partial charge in [0.05, 0.1) is 5.76 Å². The van der Waals surface area contributed by atoms with Crippen molar-refractivity contribution >= 4 is 5.57 Å². The topological polar surface area (TPSA) is 46.2 Å². The summed E-state index contributed by atoms with van der Waals surface area (Å²) in [6.07, 6.45) is 2.28. The average Bonchev–Trinajstić information content (AvgIpc) is 2.30. The van der Waals surface area contributed by atoms with Gasteiger partial charge in [-0.25, -0.2) is 0 Å². The van der Waals surface area contributed by atoms with Crippen molar-refractivity contribution in [1.29, 1.82) is 0 Å². The van der Waals surface area contributed by atoms with E-state index in [1.165, 1.54) is 0 Å². The summed E-state index contributed by atoms with van der Waals surface area (Å²) in [5, 5.41) is 9.71. The van der Waals surface area contributed by atoms with E-state index in [2.05, 4.69) is 6.58 Å². The van der Waals surface area contributed by atoms with Gasteiger partial charge in [-0.2, -0.15) is 0 Å². The Morgan fingerprint density at radius 3 is 2.80 bits per heavy atom. The van der Waals surface area contributed by atoms with E-state index in [0.717, 1.165) is 16.7 Å². The second kappa shape index (κ2) is 5.37. The molecule has 1 aromatic carbocycles. The molecule has 3 N–H and O–H groups in total. The number of allylic oxidation sites excluding steroid dienone is 3. The van der Waals surface area contributed by atoms with E-state index in [4.69, 9.17) is 5.73 Å². The monoisotopic (exact) mass is 203 g/mol. The molecule has 0 saturated heterocycles. The minimum atomic E-state index is 0.360. The molecule has 15 heavy (non-hydrogen) atoms. The molecule has 0 bridgehead atoms. The zero-order valence-electron chi connectivity index (χ0n) is 9.03. The molecule has 2 nitrogen and oxygen atoms in total. The molecule has 1 aromatic rings. The lowest BCUT2D eigenvalue weighted by molar-refractivity contribution is 0.398. The minimum absolute atomic E-state index is 0.360. The fraction of sp³-hybridized carbons (Fsp3) is 0.231. The summed E-state index contributed by atoms with van der Waals surface area (Å²) in [4.78, 5) is 0. The van der Waals surface area contributed by atoms with Crippen molar-refractivity contribution in [2.24, 2.45) is 5.73 Å². The maximum Gasteiger partial charge on any atom is 0.0997 e. The first-order valence-corrected chi connectivity index (χ1v) is 5.06. The molecule has 0 atom stereocenters. The molecule has 0 spiro atoms. The molecule has 0 unspecified atom stereocenters. The Morgan fingerprint density at radius 1 is 1.53 bits per heavy atom. The normalized spacial score (nSPS) is 12.1. The van der Waals surface area contributed by atoms with E-state index >= 15 is 0 Å². The third-order valence-corrected chi connectivity index (χ3v) is 2.32. The van der Waals surface area contributed by atoms with Gasteiger partial charge in [0.2, 0.25) is 0 Å². The van der Waals surface area contributed by atoms with Crippen LogP contribution in [0.25, 0.3) is 5.57 Å². The molecular formula is C13H17NO. The number of nitrogens with two attached hydrogens (primary N) is 1. The van der Waals surface area contributed by atoms with Gasteiger partial charge in [0.1, 0.15) is 0 Å². The Labute approximate surface area is 90.7 Å². The number of hydrogen-bond acceptors (Lipinski definition) is 2. The van der Waals surface area contributed by atoms with Gasteiger partial charge in [0, 0.05) is 18.5 Å². The predicted octanol–water partition coefficient (Wildman–Crippen LogP) is 3.01. The predicted molar refractivity (Wildman–Crippen MR) is 64.4 cm³/mol. The van der Waals surface area contributed by atoms with Crippen LogP contribution in [0.15, 0.2) is 42.7 Å². The molecule has 1 rings (SSSR count). The summed E-state index contributed by atoms with van der Waals surface area (Å²) >= 11 is 0. The molecular weight excluding hydrogens is 186 g/mol. The lowest BCUT2D eigenvalue weighted by atomic mass is 10.0. The largest absolute Gasteiger partial charge is 0.512 e. The van der Waals surface area contributed by atoms with Crippen molar-refractivity contribution in [3.8, 4) is 0 Å². The molecule has 0 saturated carbocycles. The quantitative estimate of drug-likeness (QED) is 0.583. The van der Waals surface area contributed by atoms with Gasteiger partial charge in [0.15, 0.2) is 0 Å². The fourth-order valence-electron chi connectivity index (χ4n) is 1.46. The van der Waals surface area contributed by atoms with Crippen LogP contribution in [0.5, 0.6) is 0 Å². The van der Waals surface area contributed by atoms with Crippen molar-refractivity contribution in [1.82, 2.24) is 0 Å². The smallest absolute Gasteiger partial charge is 0.0997 e. The van der Waals surface area contributed by atoms with Crippen LogP contribution < -0.4 is 5.73 Å². The van der Waals surface area contributed by atoms with Crippen molar-refractivity contribution in [3.63, 3.8) is 0 Å². The molecule has 0 amide bonds. The number of aliphatic hydroxyl groups excluding tert-OH is 1. The molecule has 0 aliphatic rings. The highest BCUT2D eigenvalue weighted by molar-refractivity contribution is 5.75. The Balaban J connectivity index is 3.18. The third-order valence-electron chi connectivity index (χ3n) is 2.32. The maximum atomic E-state index is 9.71. The fourth-order valence-corrected chi connectivity index (χ4v) is 1.46. The Morgan fingerprint density at radius 2 is 2.27 bits per heavy atom. The van der Waals surface area contributed by atoms with E-state index in [9.17, 15) is 5.11 Å². The van der Waals surface area contributed by atoms with Gasteiger partial charge in [-0.3, -0.25) is 0 Å². The van der Waals surface area contributed by atoms with Crippen molar-refractivity contribution in [3.05, 3.63) is 53.8 Å². The minimum Gasteiger partial charge on any atom is -0.512 e. The first-order valence-electron chi connectivity index (χ1n) is 5.06. The summed E-state index contributed by atoms with van der Waals surface area (Å²) in [5.41, 5.74) is 8.37. The van der Waals surface area contributed by atoms with Crippen LogP contribution in [0.4, 0.5) is 0 Å². The maximum absolute atomic E-state index is 9.71. The van der Waals surface area contributed by atoms with Crippen molar-refractivity contribution in [2.75, 3.05) is 0 Å². The lowest BCUT2D eigenvalue weighted by Gasteiger charge is -2.07. The lowest BCUT2D eigenvalue weighted by Crippen LogP contribution is -1.97. The zero-order valence-corrected chi connectivity index (χ0v) is 9.03.